The van der Waals surface area contributed by atoms with Crippen molar-refractivity contribution in [2.24, 2.45) is 0 Å². The number of amides is 3. The summed E-state index contributed by atoms with van der Waals surface area (Å²) in [5.41, 5.74) is 0.318. The van der Waals surface area contributed by atoms with E-state index in [4.69, 9.17) is 4.74 Å². The number of para-hydroxylation sites is 2. The fourth-order valence-corrected chi connectivity index (χ4v) is 5.35. The van der Waals surface area contributed by atoms with Crippen LogP contribution in [0.3, 0.4) is 0 Å². The second-order valence-electron chi connectivity index (χ2n) is 9.28. The van der Waals surface area contributed by atoms with Crippen molar-refractivity contribution in [3.05, 3.63) is 103 Å². The number of ether oxygens (including phenoxy) is 1. The third-order valence-corrected chi connectivity index (χ3v) is 7.60. The molecule has 2 aliphatic heterocycles. The maximum atomic E-state index is 13.1. The van der Waals surface area contributed by atoms with Crippen LogP contribution in [0.2, 0.25) is 0 Å². The number of nitrogens with zero attached hydrogens (tertiary/aromatic N) is 5. The zero-order chi connectivity index (χ0) is 29.8. The van der Waals surface area contributed by atoms with E-state index in [0.29, 0.717) is 43.5 Å². The lowest BCUT2D eigenvalue weighted by molar-refractivity contribution is -0.394. The Morgan fingerprint density at radius 1 is 0.881 bits per heavy atom. The molecule has 42 heavy (non-hydrogen) atoms. The highest BCUT2D eigenvalue weighted by Crippen LogP contribution is 2.38. The van der Waals surface area contributed by atoms with Gasteiger partial charge < -0.3 is 14.5 Å². The predicted molar refractivity (Wildman–Crippen MR) is 154 cm³/mol. The number of carbonyl (C=O) groups is 3. The molecule has 3 amide bonds. The Morgan fingerprint density at radius 3 is 2.26 bits per heavy atom. The molecular weight excluding hydrogens is 566 g/mol. The number of hydrogen-bond donors (Lipinski definition) is 0. The zero-order valence-corrected chi connectivity index (χ0v) is 22.8. The van der Waals surface area contributed by atoms with E-state index in [2.05, 4.69) is 4.90 Å². The molecule has 3 aromatic carbocycles. The molecule has 2 heterocycles. The smallest absolute Gasteiger partial charge is 0.318 e. The van der Waals surface area contributed by atoms with E-state index in [1.807, 2.05) is 30.3 Å². The van der Waals surface area contributed by atoms with Gasteiger partial charge in [-0.2, -0.15) is 0 Å². The highest BCUT2D eigenvalue weighted by atomic mass is 32.2. The van der Waals surface area contributed by atoms with Crippen molar-refractivity contribution in [1.82, 2.24) is 9.80 Å². The molecular formula is C28H23N5O8S. The molecule has 0 saturated carbocycles. The van der Waals surface area contributed by atoms with Gasteiger partial charge in [-0.3, -0.25) is 39.5 Å². The lowest BCUT2D eigenvalue weighted by atomic mass is 10.1. The fraction of sp³-hybridized carbons (Fsp3) is 0.179. The molecule has 13 nitrogen and oxygen atoms in total. The number of non-ortho nitro benzene ring substituents is 1. The number of hydrogen-bond acceptors (Lipinski definition) is 10. The maximum absolute atomic E-state index is 13.1. The van der Waals surface area contributed by atoms with Crippen molar-refractivity contribution < 1.29 is 29.0 Å². The molecule has 5 rings (SSSR count). The molecule has 0 unspecified atom stereocenters. The minimum Gasteiger partial charge on any atom is -0.449 e. The summed E-state index contributed by atoms with van der Waals surface area (Å²) in [5.74, 6) is -1.09. The van der Waals surface area contributed by atoms with Gasteiger partial charge in [-0.15, -0.1) is 0 Å². The van der Waals surface area contributed by atoms with E-state index < -0.39 is 32.4 Å². The highest BCUT2D eigenvalue weighted by Gasteiger charge is 2.37. The van der Waals surface area contributed by atoms with E-state index >= 15 is 0 Å². The van der Waals surface area contributed by atoms with Crippen LogP contribution in [0, 0.1) is 20.2 Å². The van der Waals surface area contributed by atoms with Gasteiger partial charge in [0.1, 0.15) is 12.3 Å². The number of thioether (sulfide) groups is 1. The SMILES string of the molecule is O=C(CN1C(=O)S/C(=C/c2ccccc2Oc2ccc([N+](=O)[O-])cc2[N+](=O)[O-])C1=O)N1CCN(c2ccccc2)CC1. The van der Waals surface area contributed by atoms with Gasteiger partial charge in [0.15, 0.2) is 0 Å². The van der Waals surface area contributed by atoms with Crippen molar-refractivity contribution in [2.45, 2.75) is 0 Å². The van der Waals surface area contributed by atoms with Gasteiger partial charge in [-0.05, 0) is 42.1 Å². The number of carbonyl (C=O) groups excluding carboxylic acids is 3. The Hall–Kier alpha value is -5.24. The molecule has 2 fully saturated rings. The third-order valence-electron chi connectivity index (χ3n) is 6.70. The molecule has 2 aliphatic rings. The largest absolute Gasteiger partial charge is 0.449 e. The van der Waals surface area contributed by atoms with Crippen molar-refractivity contribution in [2.75, 3.05) is 37.6 Å². The van der Waals surface area contributed by atoms with E-state index in [1.165, 1.54) is 12.1 Å². The van der Waals surface area contributed by atoms with E-state index in [0.717, 1.165) is 28.8 Å². The summed E-state index contributed by atoms with van der Waals surface area (Å²) in [6, 6.07) is 19.2. The van der Waals surface area contributed by atoms with Crippen LogP contribution >= 0.6 is 11.8 Å². The minimum atomic E-state index is -0.797. The van der Waals surface area contributed by atoms with Gasteiger partial charge in [-0.1, -0.05) is 36.4 Å². The fourth-order valence-electron chi connectivity index (χ4n) is 4.53. The van der Waals surface area contributed by atoms with Crippen molar-refractivity contribution >= 4 is 52.0 Å². The first-order valence-corrected chi connectivity index (χ1v) is 13.6. The van der Waals surface area contributed by atoms with E-state index in [-0.39, 0.29) is 28.9 Å². The zero-order valence-electron chi connectivity index (χ0n) is 22.0. The number of piperazine rings is 1. The van der Waals surface area contributed by atoms with Crippen LogP contribution in [-0.2, 0) is 9.59 Å². The van der Waals surface area contributed by atoms with Crippen molar-refractivity contribution in [1.29, 1.82) is 0 Å². The lowest BCUT2D eigenvalue weighted by Crippen LogP contribution is -2.51. The summed E-state index contributed by atoms with van der Waals surface area (Å²) in [6.07, 6.45) is 1.40. The normalized spacial score (nSPS) is 16.2. The van der Waals surface area contributed by atoms with Crippen LogP contribution in [0.5, 0.6) is 11.5 Å². The maximum Gasteiger partial charge on any atom is 0.318 e. The second-order valence-corrected chi connectivity index (χ2v) is 10.3. The van der Waals surface area contributed by atoms with E-state index in [1.54, 1.807) is 23.1 Å². The Labute approximate surface area is 243 Å². The van der Waals surface area contributed by atoms with Crippen LogP contribution in [-0.4, -0.2) is 69.4 Å². The first-order valence-electron chi connectivity index (χ1n) is 12.7. The van der Waals surface area contributed by atoms with Gasteiger partial charge >= 0.3 is 5.69 Å². The number of benzene rings is 3. The van der Waals surface area contributed by atoms with Crippen molar-refractivity contribution in [3.8, 4) is 11.5 Å². The Morgan fingerprint density at radius 2 is 1.57 bits per heavy atom. The lowest BCUT2D eigenvalue weighted by Gasteiger charge is -2.36. The van der Waals surface area contributed by atoms with Gasteiger partial charge in [0.05, 0.1) is 20.8 Å². The molecule has 3 aromatic rings. The summed E-state index contributed by atoms with van der Waals surface area (Å²) in [5, 5.41) is 22.0. The van der Waals surface area contributed by atoms with Crippen LogP contribution in [0.1, 0.15) is 5.56 Å². The molecule has 0 spiro atoms. The van der Waals surface area contributed by atoms with Crippen molar-refractivity contribution in [3.63, 3.8) is 0 Å². The average molecular weight is 590 g/mol. The van der Waals surface area contributed by atoms with Gasteiger partial charge in [0, 0.05) is 43.5 Å². The second kappa shape index (κ2) is 12.1. The number of nitro benzene ring substituents is 2. The van der Waals surface area contributed by atoms with Gasteiger partial charge in [0.2, 0.25) is 11.7 Å². The third kappa shape index (κ3) is 6.07. The van der Waals surface area contributed by atoms with E-state index in [9.17, 15) is 34.6 Å². The number of rotatable bonds is 8. The molecule has 0 atom stereocenters. The van der Waals surface area contributed by atoms with Crippen LogP contribution in [0.4, 0.5) is 21.9 Å². The molecule has 0 radical (unpaired) electrons. The Kier molecular flexibility index (Phi) is 8.15. The van der Waals surface area contributed by atoms with Crippen LogP contribution in [0.25, 0.3) is 6.08 Å². The molecule has 14 heteroatoms. The molecule has 0 aliphatic carbocycles. The summed E-state index contributed by atoms with van der Waals surface area (Å²) in [7, 11) is 0. The monoisotopic (exact) mass is 589 g/mol. The first-order chi connectivity index (χ1) is 20.2. The van der Waals surface area contributed by atoms with Crippen LogP contribution < -0.4 is 9.64 Å². The average Bonchev–Trinajstić information content (AvgIpc) is 3.25. The molecule has 0 N–H and O–H groups in total. The first kappa shape index (κ1) is 28.3. The summed E-state index contributed by atoms with van der Waals surface area (Å²) in [6.45, 7) is 1.78. The molecule has 0 bridgehead atoms. The van der Waals surface area contributed by atoms with Gasteiger partial charge in [0.25, 0.3) is 16.8 Å². The van der Waals surface area contributed by atoms with Crippen LogP contribution in [0.15, 0.2) is 77.7 Å². The number of nitro groups is 2. The summed E-state index contributed by atoms with van der Waals surface area (Å²) >= 11 is 0.672. The minimum absolute atomic E-state index is 0.0518. The topological polar surface area (TPSA) is 156 Å². The number of imide groups is 1. The van der Waals surface area contributed by atoms with Gasteiger partial charge in [-0.25, -0.2) is 0 Å². The molecule has 2 saturated heterocycles. The summed E-state index contributed by atoms with van der Waals surface area (Å²) in [4.78, 5) is 64.6. The quantitative estimate of drug-likeness (QED) is 0.205. The summed E-state index contributed by atoms with van der Waals surface area (Å²) < 4.78 is 5.73. The predicted octanol–water partition coefficient (Wildman–Crippen LogP) is 4.68. The number of anilines is 1. The Balaban J connectivity index is 1.28. The molecule has 0 aromatic heterocycles. The standard InChI is InChI=1S/C28H23N5O8S/c34-26(30-14-12-29(13-15-30)20-7-2-1-3-8-20)18-31-27(35)25(42-28(31)36)16-19-6-4-5-9-23(19)41-24-11-10-21(32(37)38)17-22(24)33(39)40/h1-11,16-17H,12-15,18H2/b25-16+. The molecule has 214 valence electrons. The highest BCUT2D eigenvalue weighted by molar-refractivity contribution is 8.18. The Bertz CT molecular complexity index is 1600.